The van der Waals surface area contributed by atoms with Crippen molar-refractivity contribution >= 4 is 6.03 Å². The molecule has 1 aromatic carbocycles. The number of nitrogens with zero attached hydrogens (tertiary/aromatic N) is 2. The van der Waals surface area contributed by atoms with Crippen LogP contribution < -0.4 is 10.6 Å². The van der Waals surface area contributed by atoms with Crippen molar-refractivity contribution in [2.45, 2.75) is 38.0 Å². The molecule has 2 atom stereocenters. The molecule has 0 aromatic heterocycles. The van der Waals surface area contributed by atoms with Crippen molar-refractivity contribution in [2.24, 2.45) is 0 Å². The molecule has 1 aliphatic heterocycles. The number of benzene rings is 1. The third-order valence-corrected chi connectivity index (χ3v) is 4.85. The highest BCUT2D eigenvalue weighted by Gasteiger charge is 2.24. The zero-order valence-electron chi connectivity index (χ0n) is 15.6. The van der Waals surface area contributed by atoms with Crippen LogP contribution >= 0.6 is 0 Å². The van der Waals surface area contributed by atoms with Crippen LogP contribution in [0.4, 0.5) is 4.79 Å². The van der Waals surface area contributed by atoms with E-state index in [9.17, 15) is 9.90 Å². The number of likely N-dealkylation sites (N-methyl/N-ethyl adjacent to an activating group) is 1. The largest absolute Gasteiger partial charge is 0.392 e. The first-order valence-electron chi connectivity index (χ1n) is 9.12. The predicted molar refractivity (Wildman–Crippen MR) is 101 cm³/mol. The van der Waals surface area contributed by atoms with Gasteiger partial charge in [0.2, 0.25) is 0 Å². The highest BCUT2D eigenvalue weighted by Crippen LogP contribution is 2.19. The zero-order chi connectivity index (χ0) is 18.2. The first kappa shape index (κ1) is 19.7. The average molecular weight is 348 g/mol. The second-order valence-electron chi connectivity index (χ2n) is 7.14. The van der Waals surface area contributed by atoms with Gasteiger partial charge in [-0.05, 0) is 52.5 Å². The number of amides is 2. The molecule has 0 spiro atoms. The molecule has 2 amide bonds. The van der Waals surface area contributed by atoms with Crippen molar-refractivity contribution in [3.63, 3.8) is 0 Å². The number of rotatable bonds is 7. The summed E-state index contributed by atoms with van der Waals surface area (Å²) in [6.07, 6.45) is 1.76. The Kier molecular flexibility index (Phi) is 7.68. The van der Waals surface area contributed by atoms with Crippen molar-refractivity contribution in [2.75, 3.05) is 40.3 Å². The third kappa shape index (κ3) is 6.65. The van der Waals surface area contributed by atoms with Gasteiger partial charge in [-0.3, -0.25) is 0 Å². The van der Waals surface area contributed by atoms with Crippen molar-refractivity contribution in [3.8, 4) is 0 Å². The number of hydrogen-bond acceptors (Lipinski definition) is 4. The number of carbonyl (C=O) groups is 1. The van der Waals surface area contributed by atoms with Crippen LogP contribution in [0, 0.1) is 0 Å². The molecule has 1 heterocycles. The van der Waals surface area contributed by atoms with Crippen LogP contribution in [0.2, 0.25) is 0 Å². The summed E-state index contributed by atoms with van der Waals surface area (Å²) in [5.41, 5.74) is 1.09. The van der Waals surface area contributed by atoms with Gasteiger partial charge >= 0.3 is 6.03 Å². The Balaban J connectivity index is 1.98. The maximum atomic E-state index is 12.2. The van der Waals surface area contributed by atoms with Crippen molar-refractivity contribution in [3.05, 3.63) is 35.9 Å². The summed E-state index contributed by atoms with van der Waals surface area (Å²) in [4.78, 5) is 16.9. The van der Waals surface area contributed by atoms with Gasteiger partial charge in [-0.2, -0.15) is 0 Å². The lowest BCUT2D eigenvalue weighted by Gasteiger charge is -2.37. The standard InChI is InChI=1S/C19H32N4O2/c1-15(24)13-20-19(25)21-18(16-7-5-4-6-8-16)14-23(3)17-9-11-22(2)12-10-17/h4-8,15,17-18,24H,9-14H2,1-3H3,(H2,20,21,25)/t15-,18-/m0/s1. The van der Waals surface area contributed by atoms with Gasteiger partial charge in [0.1, 0.15) is 0 Å². The van der Waals surface area contributed by atoms with Gasteiger partial charge in [0.15, 0.2) is 0 Å². The smallest absolute Gasteiger partial charge is 0.315 e. The minimum atomic E-state index is -0.553. The minimum absolute atomic E-state index is 0.0835. The molecule has 0 aliphatic carbocycles. The number of urea groups is 1. The van der Waals surface area contributed by atoms with Gasteiger partial charge in [0.25, 0.3) is 0 Å². The Hall–Kier alpha value is -1.63. The van der Waals surface area contributed by atoms with Crippen molar-refractivity contribution in [1.29, 1.82) is 0 Å². The molecular formula is C19H32N4O2. The van der Waals surface area contributed by atoms with Gasteiger partial charge in [-0.15, -0.1) is 0 Å². The van der Waals surface area contributed by atoms with E-state index in [1.165, 1.54) is 0 Å². The maximum Gasteiger partial charge on any atom is 0.315 e. The van der Waals surface area contributed by atoms with Crippen LogP contribution in [-0.4, -0.2) is 73.4 Å². The minimum Gasteiger partial charge on any atom is -0.392 e. The van der Waals surface area contributed by atoms with Crippen LogP contribution in [0.5, 0.6) is 0 Å². The summed E-state index contributed by atoms with van der Waals surface area (Å²) in [7, 11) is 4.30. The fraction of sp³-hybridized carbons (Fsp3) is 0.632. The lowest BCUT2D eigenvalue weighted by Crippen LogP contribution is -2.47. The van der Waals surface area contributed by atoms with E-state index >= 15 is 0 Å². The quantitative estimate of drug-likeness (QED) is 0.697. The normalized spacial score (nSPS) is 18.8. The molecule has 2 rings (SSSR count). The second kappa shape index (κ2) is 9.75. The molecule has 6 heteroatoms. The van der Waals surface area contributed by atoms with Crippen molar-refractivity contribution < 1.29 is 9.90 Å². The average Bonchev–Trinajstić information content (AvgIpc) is 2.60. The van der Waals surface area contributed by atoms with E-state index < -0.39 is 6.10 Å². The lowest BCUT2D eigenvalue weighted by molar-refractivity contribution is 0.134. The Morgan fingerprint density at radius 3 is 2.56 bits per heavy atom. The number of nitrogens with one attached hydrogen (secondary N) is 2. The highest BCUT2D eigenvalue weighted by atomic mass is 16.3. The van der Waals surface area contributed by atoms with Crippen LogP contribution in [0.3, 0.4) is 0 Å². The molecule has 1 aliphatic rings. The van der Waals surface area contributed by atoms with Gasteiger partial charge in [0.05, 0.1) is 12.1 Å². The van der Waals surface area contributed by atoms with Crippen LogP contribution in [0.25, 0.3) is 0 Å². The molecule has 0 unspecified atom stereocenters. The Bertz CT molecular complexity index is 515. The molecule has 140 valence electrons. The summed E-state index contributed by atoms with van der Waals surface area (Å²) in [5, 5.41) is 15.1. The van der Waals surface area contributed by atoms with Crippen LogP contribution in [0.15, 0.2) is 30.3 Å². The highest BCUT2D eigenvalue weighted by molar-refractivity contribution is 5.74. The summed E-state index contributed by atoms with van der Waals surface area (Å²) in [6.45, 7) is 4.90. The third-order valence-electron chi connectivity index (χ3n) is 4.85. The number of aliphatic hydroxyl groups is 1. The molecule has 1 fully saturated rings. The van der Waals surface area contributed by atoms with E-state index in [4.69, 9.17) is 0 Å². The number of hydrogen-bond donors (Lipinski definition) is 3. The molecule has 1 saturated heterocycles. The first-order chi connectivity index (χ1) is 12.0. The molecule has 3 N–H and O–H groups in total. The molecule has 0 saturated carbocycles. The number of likely N-dealkylation sites (tertiary alicyclic amines) is 1. The van der Waals surface area contributed by atoms with E-state index in [0.717, 1.165) is 38.0 Å². The van der Waals surface area contributed by atoms with E-state index in [1.807, 2.05) is 30.3 Å². The van der Waals surface area contributed by atoms with Gasteiger partial charge in [-0.1, -0.05) is 30.3 Å². The topological polar surface area (TPSA) is 67.8 Å². The molecule has 6 nitrogen and oxygen atoms in total. The summed E-state index contributed by atoms with van der Waals surface area (Å²) in [5.74, 6) is 0. The molecule has 0 radical (unpaired) electrons. The van der Waals surface area contributed by atoms with E-state index in [1.54, 1.807) is 6.92 Å². The zero-order valence-corrected chi connectivity index (χ0v) is 15.6. The Labute approximate surface area is 151 Å². The first-order valence-corrected chi connectivity index (χ1v) is 9.12. The van der Waals surface area contributed by atoms with Gasteiger partial charge < -0.3 is 25.5 Å². The Morgan fingerprint density at radius 1 is 1.32 bits per heavy atom. The van der Waals surface area contributed by atoms with E-state index in [0.29, 0.717) is 6.04 Å². The van der Waals surface area contributed by atoms with Gasteiger partial charge in [0, 0.05) is 19.1 Å². The molecule has 1 aromatic rings. The Morgan fingerprint density at radius 2 is 1.96 bits per heavy atom. The summed E-state index contributed by atoms with van der Waals surface area (Å²) in [6, 6.07) is 10.3. The predicted octanol–water partition coefficient (Wildman–Crippen LogP) is 1.43. The molecular weight excluding hydrogens is 316 g/mol. The lowest BCUT2D eigenvalue weighted by atomic mass is 10.0. The van der Waals surface area contributed by atoms with Crippen LogP contribution in [-0.2, 0) is 0 Å². The van der Waals surface area contributed by atoms with E-state index in [-0.39, 0.29) is 18.6 Å². The SMILES string of the molecule is C[C@H](O)CNC(=O)N[C@@H](CN(C)C1CCN(C)CC1)c1ccccc1. The van der Waals surface area contributed by atoms with Crippen LogP contribution in [0.1, 0.15) is 31.4 Å². The van der Waals surface area contributed by atoms with E-state index in [2.05, 4.69) is 34.5 Å². The monoisotopic (exact) mass is 348 g/mol. The fourth-order valence-electron chi connectivity index (χ4n) is 3.24. The number of carbonyl (C=O) groups excluding carboxylic acids is 1. The molecule has 25 heavy (non-hydrogen) atoms. The second-order valence-corrected chi connectivity index (χ2v) is 7.14. The van der Waals surface area contributed by atoms with Gasteiger partial charge in [-0.25, -0.2) is 4.79 Å². The molecule has 0 bridgehead atoms. The maximum absolute atomic E-state index is 12.2. The van der Waals surface area contributed by atoms with Crippen molar-refractivity contribution in [1.82, 2.24) is 20.4 Å². The number of piperidine rings is 1. The summed E-state index contributed by atoms with van der Waals surface area (Å²) >= 11 is 0. The summed E-state index contributed by atoms with van der Waals surface area (Å²) < 4.78 is 0. The number of aliphatic hydroxyl groups excluding tert-OH is 1. The fourth-order valence-corrected chi connectivity index (χ4v) is 3.24.